The lowest BCUT2D eigenvalue weighted by Gasteiger charge is -2.45. The summed E-state index contributed by atoms with van der Waals surface area (Å²) in [6.07, 6.45) is 0.875. The van der Waals surface area contributed by atoms with E-state index in [1.54, 1.807) is 13.8 Å². The summed E-state index contributed by atoms with van der Waals surface area (Å²) in [5.41, 5.74) is -1.77. The highest BCUT2D eigenvalue weighted by Gasteiger charge is 2.52. The third-order valence-corrected chi connectivity index (χ3v) is 3.81. The molecule has 19 heavy (non-hydrogen) atoms. The summed E-state index contributed by atoms with van der Waals surface area (Å²) in [4.78, 5) is 23.0. The molecule has 4 nitrogen and oxygen atoms in total. The highest BCUT2D eigenvalue weighted by atomic mass is 16.4. The Kier molecular flexibility index (Phi) is 6.04. The largest absolute Gasteiger partial charge is 0.481 e. The predicted octanol–water partition coefficient (Wildman–Crippen LogP) is 3.65. The summed E-state index contributed by atoms with van der Waals surface area (Å²) in [5, 5.41) is 18.8. The number of hydrogen-bond acceptors (Lipinski definition) is 2. The highest BCUT2D eigenvalue weighted by Crippen LogP contribution is 2.50. The van der Waals surface area contributed by atoms with Crippen molar-refractivity contribution in [3.05, 3.63) is 0 Å². The van der Waals surface area contributed by atoms with Crippen LogP contribution in [0.4, 0.5) is 0 Å². The lowest BCUT2D eigenvalue weighted by molar-refractivity contribution is -0.164. The van der Waals surface area contributed by atoms with Gasteiger partial charge in [-0.3, -0.25) is 9.59 Å². The van der Waals surface area contributed by atoms with Crippen LogP contribution in [0, 0.1) is 22.7 Å². The van der Waals surface area contributed by atoms with Crippen LogP contribution in [0.5, 0.6) is 0 Å². The molecule has 0 atom stereocenters. The molecule has 0 aromatic heterocycles. The van der Waals surface area contributed by atoms with Crippen LogP contribution in [0.3, 0.4) is 0 Å². The normalized spacial score (nSPS) is 13.1. The minimum atomic E-state index is -0.992. The average molecular weight is 272 g/mol. The van der Waals surface area contributed by atoms with Gasteiger partial charge in [-0.2, -0.15) is 0 Å². The molecule has 0 unspecified atom stereocenters. The second-order valence-electron chi connectivity index (χ2n) is 7.04. The fraction of sp³-hybridized carbons (Fsp3) is 0.867. The molecular formula is C15H28O4. The molecule has 0 aliphatic heterocycles. The number of rotatable bonds is 8. The molecule has 0 aliphatic rings. The van der Waals surface area contributed by atoms with E-state index in [1.807, 2.05) is 27.7 Å². The van der Waals surface area contributed by atoms with Crippen molar-refractivity contribution in [2.75, 3.05) is 0 Å². The molecule has 0 saturated heterocycles. The fourth-order valence-electron chi connectivity index (χ4n) is 3.04. The molecule has 0 rings (SSSR count). The molecule has 0 bridgehead atoms. The lowest BCUT2D eigenvalue weighted by atomic mass is 9.57. The summed E-state index contributed by atoms with van der Waals surface area (Å²) in [6.45, 7) is 11.5. The van der Waals surface area contributed by atoms with Crippen LogP contribution in [0.25, 0.3) is 0 Å². The zero-order valence-corrected chi connectivity index (χ0v) is 13.0. The van der Waals surface area contributed by atoms with Gasteiger partial charge in [0.2, 0.25) is 0 Å². The number of carboxylic acids is 2. The molecule has 0 spiro atoms. The second kappa shape index (κ2) is 6.40. The monoisotopic (exact) mass is 272 g/mol. The highest BCUT2D eigenvalue weighted by molar-refractivity contribution is 5.77. The van der Waals surface area contributed by atoms with Crippen LogP contribution in [0.2, 0.25) is 0 Å². The molecule has 0 aliphatic carbocycles. The van der Waals surface area contributed by atoms with Gasteiger partial charge >= 0.3 is 11.9 Å². The topological polar surface area (TPSA) is 74.6 Å². The summed E-state index contributed by atoms with van der Waals surface area (Å²) < 4.78 is 0. The zero-order valence-electron chi connectivity index (χ0n) is 13.0. The molecule has 0 fully saturated rings. The van der Waals surface area contributed by atoms with Crippen LogP contribution in [0.15, 0.2) is 0 Å². The second-order valence-corrected chi connectivity index (χ2v) is 7.04. The van der Waals surface area contributed by atoms with E-state index in [-0.39, 0.29) is 18.3 Å². The maximum Gasteiger partial charge on any atom is 0.310 e. The summed E-state index contributed by atoms with van der Waals surface area (Å²) in [7, 11) is 0. The van der Waals surface area contributed by atoms with E-state index in [9.17, 15) is 14.7 Å². The van der Waals surface area contributed by atoms with Gasteiger partial charge in [-0.1, -0.05) is 41.5 Å². The van der Waals surface area contributed by atoms with Crippen LogP contribution in [-0.2, 0) is 9.59 Å². The maximum atomic E-state index is 11.9. The van der Waals surface area contributed by atoms with E-state index in [4.69, 9.17) is 5.11 Å². The first-order valence-corrected chi connectivity index (χ1v) is 6.90. The first kappa shape index (κ1) is 17.9. The molecule has 0 aromatic carbocycles. The Morgan fingerprint density at radius 2 is 1.32 bits per heavy atom. The van der Waals surface area contributed by atoms with Gasteiger partial charge in [0, 0.05) is 0 Å². The SMILES string of the molecule is CC(C)CC(CC(C)C)(C(=O)O)C(C)(C)CC(=O)O. The third-order valence-electron chi connectivity index (χ3n) is 3.81. The molecular weight excluding hydrogens is 244 g/mol. The van der Waals surface area contributed by atoms with E-state index in [1.165, 1.54) is 0 Å². The minimum absolute atomic E-state index is 0.126. The van der Waals surface area contributed by atoms with E-state index in [0.717, 1.165) is 0 Å². The molecule has 0 saturated carbocycles. The predicted molar refractivity (Wildman–Crippen MR) is 75.0 cm³/mol. The van der Waals surface area contributed by atoms with Crippen LogP contribution >= 0.6 is 0 Å². The maximum absolute atomic E-state index is 11.9. The van der Waals surface area contributed by atoms with Gasteiger partial charge in [0.1, 0.15) is 0 Å². The number of carbonyl (C=O) groups is 2. The van der Waals surface area contributed by atoms with Gasteiger partial charge in [0.05, 0.1) is 11.8 Å². The molecule has 0 radical (unpaired) electrons. The van der Waals surface area contributed by atoms with E-state index in [2.05, 4.69) is 0 Å². The van der Waals surface area contributed by atoms with Crippen LogP contribution in [-0.4, -0.2) is 22.2 Å². The van der Waals surface area contributed by atoms with Crippen molar-refractivity contribution in [3.63, 3.8) is 0 Å². The Labute approximate surface area is 116 Å². The molecule has 0 amide bonds. The number of carboxylic acid groups (broad SMARTS) is 2. The molecule has 2 N–H and O–H groups in total. The van der Waals surface area contributed by atoms with Gasteiger partial charge in [-0.25, -0.2) is 0 Å². The van der Waals surface area contributed by atoms with Crippen molar-refractivity contribution in [3.8, 4) is 0 Å². The third kappa shape index (κ3) is 4.51. The van der Waals surface area contributed by atoms with Gasteiger partial charge in [0.15, 0.2) is 0 Å². The summed E-state index contributed by atoms with van der Waals surface area (Å²) in [5.74, 6) is -1.39. The van der Waals surface area contributed by atoms with Crippen molar-refractivity contribution < 1.29 is 19.8 Å². The molecule has 0 aromatic rings. The van der Waals surface area contributed by atoms with Crippen LogP contribution in [0.1, 0.15) is 60.8 Å². The van der Waals surface area contributed by atoms with Gasteiger partial charge in [-0.05, 0) is 30.1 Å². The number of hydrogen-bond donors (Lipinski definition) is 2. The Balaban J connectivity index is 5.66. The Morgan fingerprint density at radius 3 is 1.53 bits per heavy atom. The minimum Gasteiger partial charge on any atom is -0.481 e. The standard InChI is InChI=1S/C15H28O4/c1-10(2)7-15(13(18)19,8-11(3)4)14(5,6)9-12(16)17/h10-11H,7-9H2,1-6H3,(H,16,17)(H,18,19). The average Bonchev–Trinajstić information content (AvgIpc) is 2.11. The van der Waals surface area contributed by atoms with Gasteiger partial charge in [-0.15, -0.1) is 0 Å². The van der Waals surface area contributed by atoms with Crippen molar-refractivity contribution in [2.24, 2.45) is 22.7 Å². The molecule has 112 valence electrons. The lowest BCUT2D eigenvalue weighted by Crippen LogP contribution is -2.47. The Bertz CT molecular complexity index is 319. The van der Waals surface area contributed by atoms with Crippen molar-refractivity contribution in [2.45, 2.75) is 60.8 Å². The fourth-order valence-corrected chi connectivity index (χ4v) is 3.04. The van der Waals surface area contributed by atoms with E-state index >= 15 is 0 Å². The summed E-state index contributed by atoms with van der Waals surface area (Å²) in [6, 6.07) is 0. The van der Waals surface area contributed by atoms with Gasteiger partial charge in [0.25, 0.3) is 0 Å². The summed E-state index contributed by atoms with van der Waals surface area (Å²) >= 11 is 0. The van der Waals surface area contributed by atoms with Crippen molar-refractivity contribution in [1.29, 1.82) is 0 Å². The zero-order chi connectivity index (χ0) is 15.4. The smallest absolute Gasteiger partial charge is 0.310 e. The quantitative estimate of drug-likeness (QED) is 0.707. The van der Waals surface area contributed by atoms with Crippen LogP contribution < -0.4 is 0 Å². The van der Waals surface area contributed by atoms with E-state index < -0.39 is 22.8 Å². The molecule has 0 heterocycles. The van der Waals surface area contributed by atoms with E-state index in [0.29, 0.717) is 12.8 Å². The first-order chi connectivity index (χ1) is 8.44. The molecule has 4 heteroatoms. The van der Waals surface area contributed by atoms with Crippen molar-refractivity contribution in [1.82, 2.24) is 0 Å². The van der Waals surface area contributed by atoms with Gasteiger partial charge < -0.3 is 10.2 Å². The first-order valence-electron chi connectivity index (χ1n) is 6.90. The Hall–Kier alpha value is -1.06. The number of aliphatic carboxylic acids is 2. The van der Waals surface area contributed by atoms with Crippen molar-refractivity contribution >= 4 is 11.9 Å². The Morgan fingerprint density at radius 1 is 0.947 bits per heavy atom.